The van der Waals surface area contributed by atoms with E-state index in [0.717, 1.165) is 5.56 Å². The molecule has 0 saturated heterocycles. The van der Waals surface area contributed by atoms with Crippen molar-refractivity contribution in [1.82, 2.24) is 10.6 Å². The summed E-state index contributed by atoms with van der Waals surface area (Å²) in [6.07, 6.45) is 1.60. The Kier molecular flexibility index (Phi) is 6.14. The standard InChI is InChI=1S/C18H17BrN2O3/c1-20-18(23)16(11-12-7-9-13(24-2)10-8-12)21-17(22)14-5-3-4-6-15(14)19/h3-11H,1-2H3,(H,20,23)(H,21,22)/b16-11-. The van der Waals surface area contributed by atoms with Crippen molar-refractivity contribution < 1.29 is 14.3 Å². The quantitative estimate of drug-likeness (QED) is 0.773. The van der Waals surface area contributed by atoms with Gasteiger partial charge in [-0.2, -0.15) is 0 Å². The summed E-state index contributed by atoms with van der Waals surface area (Å²) in [5, 5.41) is 5.17. The number of likely N-dealkylation sites (N-methyl/N-ethyl adjacent to an activating group) is 1. The number of rotatable bonds is 5. The second-order valence-corrected chi connectivity index (χ2v) is 5.70. The van der Waals surface area contributed by atoms with E-state index in [0.29, 0.717) is 15.8 Å². The fourth-order valence-corrected chi connectivity index (χ4v) is 2.46. The van der Waals surface area contributed by atoms with Crippen molar-refractivity contribution in [3.05, 3.63) is 69.8 Å². The third-order valence-electron chi connectivity index (χ3n) is 3.27. The Labute approximate surface area is 148 Å². The van der Waals surface area contributed by atoms with Crippen molar-refractivity contribution in [2.75, 3.05) is 14.2 Å². The van der Waals surface area contributed by atoms with Crippen LogP contribution < -0.4 is 15.4 Å². The van der Waals surface area contributed by atoms with Crippen molar-refractivity contribution in [2.24, 2.45) is 0 Å². The highest BCUT2D eigenvalue weighted by atomic mass is 79.9. The summed E-state index contributed by atoms with van der Waals surface area (Å²) in [5.74, 6) is -0.0389. The minimum Gasteiger partial charge on any atom is -0.497 e. The monoisotopic (exact) mass is 388 g/mol. The van der Waals surface area contributed by atoms with Gasteiger partial charge in [0.25, 0.3) is 11.8 Å². The summed E-state index contributed by atoms with van der Waals surface area (Å²) in [4.78, 5) is 24.5. The highest BCUT2D eigenvalue weighted by Gasteiger charge is 2.15. The Morgan fingerprint density at radius 2 is 1.75 bits per heavy atom. The highest BCUT2D eigenvalue weighted by molar-refractivity contribution is 9.10. The maximum absolute atomic E-state index is 12.4. The van der Waals surface area contributed by atoms with Crippen molar-refractivity contribution >= 4 is 33.8 Å². The molecule has 0 aromatic heterocycles. The van der Waals surface area contributed by atoms with Crippen LogP contribution in [0.5, 0.6) is 5.75 Å². The van der Waals surface area contributed by atoms with Crippen LogP contribution in [0.3, 0.4) is 0 Å². The first kappa shape index (κ1) is 17.7. The second-order valence-electron chi connectivity index (χ2n) is 4.84. The van der Waals surface area contributed by atoms with Gasteiger partial charge in [-0.3, -0.25) is 9.59 Å². The van der Waals surface area contributed by atoms with Crippen molar-refractivity contribution in [3.63, 3.8) is 0 Å². The lowest BCUT2D eigenvalue weighted by atomic mass is 10.1. The first-order valence-electron chi connectivity index (χ1n) is 7.19. The smallest absolute Gasteiger partial charge is 0.267 e. The lowest BCUT2D eigenvalue weighted by Crippen LogP contribution is -2.33. The molecule has 0 radical (unpaired) electrons. The molecule has 24 heavy (non-hydrogen) atoms. The normalized spacial score (nSPS) is 10.9. The second kappa shape index (κ2) is 8.31. The van der Waals surface area contributed by atoms with E-state index in [2.05, 4.69) is 26.6 Å². The third-order valence-corrected chi connectivity index (χ3v) is 3.96. The van der Waals surface area contributed by atoms with Crippen LogP contribution in [0, 0.1) is 0 Å². The van der Waals surface area contributed by atoms with Crippen LogP contribution in [0.4, 0.5) is 0 Å². The molecule has 2 rings (SSSR count). The maximum atomic E-state index is 12.4. The van der Waals surface area contributed by atoms with Gasteiger partial charge in [-0.05, 0) is 51.8 Å². The summed E-state index contributed by atoms with van der Waals surface area (Å²) >= 11 is 3.33. The fraction of sp³-hybridized carbons (Fsp3) is 0.111. The van der Waals surface area contributed by atoms with Gasteiger partial charge in [0.2, 0.25) is 0 Å². The summed E-state index contributed by atoms with van der Waals surface area (Å²) in [5.41, 5.74) is 1.37. The minimum atomic E-state index is -0.383. The van der Waals surface area contributed by atoms with Gasteiger partial charge in [0.05, 0.1) is 12.7 Å². The Morgan fingerprint density at radius 1 is 1.08 bits per heavy atom. The maximum Gasteiger partial charge on any atom is 0.267 e. The van der Waals surface area contributed by atoms with Crippen molar-refractivity contribution in [2.45, 2.75) is 0 Å². The van der Waals surface area contributed by atoms with E-state index in [1.165, 1.54) is 7.05 Å². The van der Waals surface area contributed by atoms with Gasteiger partial charge in [0.1, 0.15) is 11.4 Å². The summed E-state index contributed by atoms with van der Waals surface area (Å²) < 4.78 is 5.76. The Hall–Kier alpha value is -2.60. The molecule has 0 unspecified atom stereocenters. The van der Waals surface area contributed by atoms with Crippen LogP contribution in [0.2, 0.25) is 0 Å². The SMILES string of the molecule is CNC(=O)/C(=C/c1ccc(OC)cc1)NC(=O)c1ccccc1Br. The number of ether oxygens (including phenoxy) is 1. The van der Waals surface area contributed by atoms with Gasteiger partial charge in [-0.15, -0.1) is 0 Å². The number of carbonyl (C=O) groups excluding carboxylic acids is 2. The Morgan fingerprint density at radius 3 is 2.33 bits per heavy atom. The van der Waals surface area contributed by atoms with Crippen molar-refractivity contribution in [3.8, 4) is 5.75 Å². The zero-order valence-corrected chi connectivity index (χ0v) is 14.9. The predicted molar refractivity (Wildman–Crippen MR) is 96.6 cm³/mol. The van der Waals surface area contributed by atoms with Gasteiger partial charge < -0.3 is 15.4 Å². The molecule has 2 aromatic carbocycles. The molecule has 0 atom stereocenters. The molecule has 2 amide bonds. The minimum absolute atomic E-state index is 0.156. The number of hydrogen-bond donors (Lipinski definition) is 2. The summed E-state index contributed by atoms with van der Waals surface area (Å²) in [6, 6.07) is 14.2. The Balaban J connectivity index is 2.28. The van der Waals surface area contributed by atoms with Gasteiger partial charge in [0, 0.05) is 11.5 Å². The molecular formula is C18H17BrN2O3. The molecule has 0 fully saturated rings. The number of methoxy groups -OCH3 is 1. The van der Waals surface area contributed by atoms with E-state index in [-0.39, 0.29) is 17.5 Å². The molecule has 5 nitrogen and oxygen atoms in total. The molecule has 0 aliphatic carbocycles. The number of benzene rings is 2. The molecule has 0 aliphatic rings. The number of halogens is 1. The zero-order chi connectivity index (χ0) is 17.5. The first-order chi connectivity index (χ1) is 11.5. The zero-order valence-electron chi connectivity index (χ0n) is 13.3. The van der Waals surface area contributed by atoms with Crippen molar-refractivity contribution in [1.29, 1.82) is 0 Å². The first-order valence-corrected chi connectivity index (χ1v) is 7.98. The summed E-state index contributed by atoms with van der Waals surface area (Å²) in [6.45, 7) is 0. The van der Waals surface area contributed by atoms with E-state index in [1.807, 2.05) is 6.07 Å². The average Bonchev–Trinajstić information content (AvgIpc) is 2.61. The molecular weight excluding hydrogens is 372 g/mol. The number of amides is 2. The molecule has 0 bridgehead atoms. The van der Waals surface area contributed by atoms with Crippen LogP contribution in [0.15, 0.2) is 58.7 Å². The molecule has 0 spiro atoms. The topological polar surface area (TPSA) is 67.4 Å². The molecule has 6 heteroatoms. The highest BCUT2D eigenvalue weighted by Crippen LogP contribution is 2.17. The van der Waals surface area contributed by atoms with E-state index >= 15 is 0 Å². The Bertz CT molecular complexity index is 770. The third kappa shape index (κ3) is 4.45. The molecule has 0 saturated carbocycles. The predicted octanol–water partition coefficient (Wildman–Crippen LogP) is 2.97. The average molecular weight is 389 g/mol. The fourth-order valence-electron chi connectivity index (χ4n) is 1.99. The lowest BCUT2D eigenvalue weighted by Gasteiger charge is -2.10. The van der Waals surface area contributed by atoms with Gasteiger partial charge in [-0.25, -0.2) is 0 Å². The van der Waals surface area contributed by atoms with Gasteiger partial charge in [-0.1, -0.05) is 24.3 Å². The largest absolute Gasteiger partial charge is 0.497 e. The van der Waals surface area contributed by atoms with Crippen LogP contribution >= 0.6 is 15.9 Å². The van der Waals surface area contributed by atoms with E-state index in [1.54, 1.807) is 55.7 Å². The number of carbonyl (C=O) groups is 2. The molecule has 2 N–H and O–H groups in total. The van der Waals surface area contributed by atoms with Crippen LogP contribution in [0.25, 0.3) is 6.08 Å². The molecule has 0 aliphatic heterocycles. The lowest BCUT2D eigenvalue weighted by molar-refractivity contribution is -0.117. The molecule has 124 valence electrons. The van der Waals surface area contributed by atoms with E-state index in [9.17, 15) is 9.59 Å². The van der Waals surface area contributed by atoms with E-state index in [4.69, 9.17) is 4.74 Å². The van der Waals surface area contributed by atoms with Crippen LogP contribution in [-0.2, 0) is 4.79 Å². The molecule has 2 aromatic rings. The number of hydrogen-bond acceptors (Lipinski definition) is 3. The number of nitrogens with one attached hydrogen (secondary N) is 2. The summed E-state index contributed by atoms with van der Waals surface area (Å²) in [7, 11) is 3.09. The van der Waals surface area contributed by atoms with E-state index < -0.39 is 0 Å². The van der Waals surface area contributed by atoms with Gasteiger partial charge in [0.15, 0.2) is 0 Å². The van der Waals surface area contributed by atoms with Gasteiger partial charge >= 0.3 is 0 Å². The van der Waals surface area contributed by atoms with Crippen LogP contribution in [0.1, 0.15) is 15.9 Å². The van der Waals surface area contributed by atoms with Crippen LogP contribution in [-0.4, -0.2) is 26.0 Å². The molecule has 0 heterocycles.